The second kappa shape index (κ2) is 5.44. The number of carbonyl (C=O) groups is 2. The summed E-state index contributed by atoms with van der Waals surface area (Å²) < 4.78 is 0.745. The first-order valence-corrected chi connectivity index (χ1v) is 8.06. The van der Waals surface area contributed by atoms with Crippen molar-refractivity contribution in [1.29, 1.82) is 0 Å². The van der Waals surface area contributed by atoms with E-state index in [1.807, 2.05) is 19.1 Å². The molecule has 4 atom stereocenters. The predicted octanol–water partition coefficient (Wildman–Crippen LogP) is 2.99. The minimum atomic E-state index is -0.782. The van der Waals surface area contributed by atoms with Crippen LogP contribution in [0.3, 0.4) is 0 Å². The monoisotopic (exact) mass is 351 g/mol. The van der Waals surface area contributed by atoms with Crippen molar-refractivity contribution in [3.05, 3.63) is 33.8 Å². The van der Waals surface area contributed by atoms with Gasteiger partial charge >= 0.3 is 5.97 Å². The molecule has 0 saturated heterocycles. The number of amides is 1. The fourth-order valence-electron chi connectivity index (χ4n) is 3.89. The van der Waals surface area contributed by atoms with Crippen LogP contribution in [0.2, 0.25) is 0 Å². The first-order valence-electron chi connectivity index (χ1n) is 7.27. The highest BCUT2D eigenvalue weighted by molar-refractivity contribution is 9.10. The van der Waals surface area contributed by atoms with Gasteiger partial charge in [-0.1, -0.05) is 6.07 Å². The Kier molecular flexibility index (Phi) is 3.78. The summed E-state index contributed by atoms with van der Waals surface area (Å²) in [4.78, 5) is 23.9. The molecule has 2 fully saturated rings. The first-order chi connectivity index (χ1) is 9.97. The Labute approximate surface area is 132 Å². The lowest BCUT2D eigenvalue weighted by atomic mass is 9.84. The van der Waals surface area contributed by atoms with E-state index in [-0.39, 0.29) is 17.9 Å². The molecular formula is C16H18BrNO3. The Morgan fingerprint density at radius 2 is 2.00 bits per heavy atom. The lowest BCUT2D eigenvalue weighted by Crippen LogP contribution is -2.46. The molecule has 0 aromatic heterocycles. The van der Waals surface area contributed by atoms with Crippen molar-refractivity contribution in [2.24, 2.45) is 17.8 Å². The minimum Gasteiger partial charge on any atom is -0.481 e. The van der Waals surface area contributed by atoms with Gasteiger partial charge in [-0.25, -0.2) is 0 Å². The molecule has 5 heteroatoms. The molecule has 0 radical (unpaired) electrons. The fraction of sp³-hybridized carbons (Fsp3) is 0.500. The van der Waals surface area contributed by atoms with E-state index in [4.69, 9.17) is 0 Å². The van der Waals surface area contributed by atoms with Gasteiger partial charge in [-0.05, 0) is 71.6 Å². The molecule has 2 aliphatic carbocycles. The number of aryl methyl sites for hydroxylation is 1. The van der Waals surface area contributed by atoms with Gasteiger partial charge in [0.05, 0.1) is 11.5 Å². The number of fused-ring (bicyclic) bond motifs is 2. The van der Waals surface area contributed by atoms with Crippen LogP contribution in [-0.2, 0) is 4.79 Å². The largest absolute Gasteiger partial charge is 0.481 e. The number of carboxylic acid groups (broad SMARTS) is 1. The van der Waals surface area contributed by atoms with Crippen molar-refractivity contribution in [3.8, 4) is 0 Å². The zero-order chi connectivity index (χ0) is 15.1. The van der Waals surface area contributed by atoms with Crippen molar-refractivity contribution in [1.82, 2.24) is 5.32 Å². The van der Waals surface area contributed by atoms with E-state index in [2.05, 4.69) is 21.2 Å². The van der Waals surface area contributed by atoms with E-state index in [1.54, 1.807) is 6.07 Å². The molecule has 2 bridgehead atoms. The van der Waals surface area contributed by atoms with Gasteiger partial charge in [-0.3, -0.25) is 9.59 Å². The zero-order valence-electron chi connectivity index (χ0n) is 11.8. The molecule has 0 aliphatic heterocycles. The summed E-state index contributed by atoms with van der Waals surface area (Å²) in [7, 11) is 0. The Balaban J connectivity index is 1.79. The topological polar surface area (TPSA) is 66.4 Å². The van der Waals surface area contributed by atoms with Crippen LogP contribution in [-0.4, -0.2) is 23.0 Å². The summed E-state index contributed by atoms with van der Waals surface area (Å²) in [6, 6.07) is 5.32. The second-order valence-electron chi connectivity index (χ2n) is 6.18. The molecule has 1 aromatic rings. The maximum absolute atomic E-state index is 12.4. The number of aliphatic carboxylic acids is 1. The highest BCUT2D eigenvalue weighted by Crippen LogP contribution is 2.48. The molecule has 21 heavy (non-hydrogen) atoms. The number of benzene rings is 1. The molecule has 112 valence electrons. The summed E-state index contributed by atoms with van der Waals surface area (Å²) in [5.74, 6) is -0.874. The number of rotatable bonds is 3. The van der Waals surface area contributed by atoms with E-state index in [1.165, 1.54) is 0 Å². The highest BCUT2D eigenvalue weighted by Gasteiger charge is 2.51. The van der Waals surface area contributed by atoms with Crippen molar-refractivity contribution in [2.45, 2.75) is 32.2 Å². The van der Waals surface area contributed by atoms with E-state index < -0.39 is 11.9 Å². The summed E-state index contributed by atoms with van der Waals surface area (Å²) in [5, 5.41) is 12.4. The number of halogens is 1. The van der Waals surface area contributed by atoms with Crippen LogP contribution in [0.4, 0.5) is 0 Å². The second-order valence-corrected chi connectivity index (χ2v) is 7.03. The van der Waals surface area contributed by atoms with Gasteiger partial charge in [0.15, 0.2) is 0 Å². The van der Waals surface area contributed by atoms with Crippen LogP contribution < -0.4 is 5.32 Å². The van der Waals surface area contributed by atoms with Crippen LogP contribution in [0, 0.1) is 24.7 Å². The third kappa shape index (κ3) is 2.59. The number of carbonyl (C=O) groups excluding carboxylic acids is 1. The maximum atomic E-state index is 12.4. The Morgan fingerprint density at radius 3 is 2.67 bits per heavy atom. The first kappa shape index (κ1) is 14.6. The van der Waals surface area contributed by atoms with Crippen LogP contribution in [0.25, 0.3) is 0 Å². The average molecular weight is 352 g/mol. The molecule has 4 nitrogen and oxygen atoms in total. The number of hydrogen-bond acceptors (Lipinski definition) is 2. The Hall–Kier alpha value is -1.36. The SMILES string of the molecule is Cc1ccc(C(=O)NC2C3CCC(C3)C2C(=O)O)c(Br)c1. The predicted molar refractivity (Wildman–Crippen MR) is 82.1 cm³/mol. The standard InChI is InChI=1S/C16H18BrNO3/c1-8-2-5-11(12(17)6-8)15(19)18-14-10-4-3-9(7-10)13(14)16(20)21/h2,5-6,9-10,13-14H,3-4,7H2,1H3,(H,18,19)(H,20,21). The van der Waals surface area contributed by atoms with Crippen LogP contribution in [0.1, 0.15) is 35.2 Å². The van der Waals surface area contributed by atoms with E-state index in [0.29, 0.717) is 11.5 Å². The van der Waals surface area contributed by atoms with Crippen molar-refractivity contribution in [2.75, 3.05) is 0 Å². The van der Waals surface area contributed by atoms with Gasteiger partial charge in [-0.2, -0.15) is 0 Å². The molecular weight excluding hydrogens is 334 g/mol. The molecule has 0 spiro atoms. The van der Waals surface area contributed by atoms with Crippen LogP contribution >= 0.6 is 15.9 Å². The normalized spacial score (nSPS) is 30.4. The average Bonchev–Trinajstić information content (AvgIpc) is 2.98. The highest BCUT2D eigenvalue weighted by atomic mass is 79.9. The third-order valence-electron chi connectivity index (χ3n) is 4.87. The van der Waals surface area contributed by atoms with Gasteiger partial charge in [0.25, 0.3) is 5.91 Å². The third-order valence-corrected chi connectivity index (χ3v) is 5.52. The van der Waals surface area contributed by atoms with Crippen molar-refractivity contribution < 1.29 is 14.7 Å². The Morgan fingerprint density at radius 1 is 1.29 bits per heavy atom. The summed E-state index contributed by atoms with van der Waals surface area (Å²) in [6.45, 7) is 1.96. The molecule has 2 saturated carbocycles. The summed E-state index contributed by atoms with van der Waals surface area (Å²) >= 11 is 3.40. The summed E-state index contributed by atoms with van der Waals surface area (Å²) in [6.07, 6.45) is 2.92. The van der Waals surface area contributed by atoms with Crippen LogP contribution in [0.15, 0.2) is 22.7 Å². The maximum Gasteiger partial charge on any atom is 0.308 e. The zero-order valence-corrected chi connectivity index (χ0v) is 13.4. The minimum absolute atomic E-state index is 0.189. The molecule has 4 unspecified atom stereocenters. The molecule has 1 amide bonds. The van der Waals surface area contributed by atoms with E-state index in [9.17, 15) is 14.7 Å². The van der Waals surface area contributed by atoms with Gasteiger partial charge in [-0.15, -0.1) is 0 Å². The van der Waals surface area contributed by atoms with E-state index >= 15 is 0 Å². The van der Waals surface area contributed by atoms with Gasteiger partial charge in [0.2, 0.25) is 0 Å². The van der Waals surface area contributed by atoms with Crippen LogP contribution in [0.5, 0.6) is 0 Å². The Bertz CT molecular complexity index is 601. The van der Waals surface area contributed by atoms with Gasteiger partial charge in [0.1, 0.15) is 0 Å². The number of hydrogen-bond donors (Lipinski definition) is 2. The van der Waals surface area contributed by atoms with Crippen molar-refractivity contribution >= 4 is 27.8 Å². The van der Waals surface area contributed by atoms with Gasteiger partial charge in [0, 0.05) is 10.5 Å². The molecule has 2 N–H and O–H groups in total. The summed E-state index contributed by atoms with van der Waals surface area (Å²) in [5.41, 5.74) is 1.63. The molecule has 3 rings (SSSR count). The molecule has 0 heterocycles. The van der Waals surface area contributed by atoms with Crippen molar-refractivity contribution in [3.63, 3.8) is 0 Å². The number of carboxylic acids is 1. The smallest absolute Gasteiger partial charge is 0.308 e. The number of nitrogens with one attached hydrogen (secondary N) is 1. The molecule has 1 aromatic carbocycles. The lowest BCUT2D eigenvalue weighted by Gasteiger charge is -2.29. The van der Waals surface area contributed by atoms with Gasteiger partial charge < -0.3 is 10.4 Å². The lowest BCUT2D eigenvalue weighted by molar-refractivity contribution is -0.144. The quantitative estimate of drug-likeness (QED) is 0.879. The van der Waals surface area contributed by atoms with E-state index in [0.717, 1.165) is 29.3 Å². The fourth-order valence-corrected chi connectivity index (χ4v) is 4.56. The molecule has 2 aliphatic rings.